The molecule has 5 nitrogen and oxygen atoms in total. The maximum absolute atomic E-state index is 10.4. The van der Waals surface area contributed by atoms with E-state index >= 15 is 0 Å². The molecule has 0 amide bonds. The molecule has 0 saturated heterocycles. The van der Waals surface area contributed by atoms with Gasteiger partial charge < -0.3 is 14.0 Å². The Labute approximate surface area is 67.0 Å². The molecule has 0 fully saturated rings. The molecular formula is C5H10O5S. The molecule has 66 valence electrons. The summed E-state index contributed by atoms with van der Waals surface area (Å²) in [6.45, 7) is 1.79. The van der Waals surface area contributed by atoms with E-state index in [0.29, 0.717) is 0 Å². The van der Waals surface area contributed by atoms with Crippen LogP contribution in [-0.4, -0.2) is 33.9 Å². The van der Waals surface area contributed by atoms with Crippen LogP contribution in [-0.2, 0) is 20.6 Å². The smallest absolute Gasteiger partial charge is 0.435 e. The van der Waals surface area contributed by atoms with Crippen molar-refractivity contribution in [1.82, 2.24) is 0 Å². The summed E-state index contributed by atoms with van der Waals surface area (Å²) in [6.07, 6.45) is -0.807. The summed E-state index contributed by atoms with van der Waals surface area (Å²) in [5, 5.41) is 0. The largest absolute Gasteiger partial charge is 0.508 e. The Morgan fingerprint density at radius 1 is 1.55 bits per heavy atom. The summed E-state index contributed by atoms with van der Waals surface area (Å²) in [6, 6.07) is 0. The van der Waals surface area contributed by atoms with E-state index < -0.39 is 17.2 Å². The van der Waals surface area contributed by atoms with Crippen LogP contribution in [0.1, 0.15) is 6.92 Å². The Bertz CT molecular complexity index is 146. The lowest BCUT2D eigenvalue weighted by Gasteiger charge is -2.01. The molecule has 0 aromatic heterocycles. The van der Waals surface area contributed by atoms with Gasteiger partial charge in [-0.15, -0.1) is 0 Å². The van der Waals surface area contributed by atoms with Gasteiger partial charge in [0.2, 0.25) is 0 Å². The number of carbonyl (C=O) groups excluding carboxylic acids is 1. The van der Waals surface area contributed by atoms with Crippen molar-refractivity contribution in [3.8, 4) is 0 Å². The van der Waals surface area contributed by atoms with E-state index in [9.17, 15) is 9.00 Å². The minimum atomic E-state index is -1.92. The first-order valence-corrected chi connectivity index (χ1v) is 4.31. The number of hydrogen-bond acceptors (Lipinski definition) is 4. The average Bonchev–Trinajstić information content (AvgIpc) is 1.87. The third-order valence-electron chi connectivity index (χ3n) is 0.740. The minimum Gasteiger partial charge on any atom is -0.435 e. The molecule has 0 aliphatic rings. The zero-order valence-electron chi connectivity index (χ0n) is 6.11. The van der Waals surface area contributed by atoms with Gasteiger partial charge in [0.05, 0.1) is 12.4 Å². The van der Waals surface area contributed by atoms with Crippen molar-refractivity contribution in [2.75, 3.05) is 19.0 Å². The van der Waals surface area contributed by atoms with Gasteiger partial charge in [-0.2, -0.15) is 0 Å². The second kappa shape index (κ2) is 6.11. The zero-order chi connectivity index (χ0) is 8.69. The number of ether oxygens (including phenoxy) is 2. The second-order valence-corrected chi connectivity index (χ2v) is 2.61. The maximum atomic E-state index is 10.4. The Hall–Kier alpha value is -0.620. The van der Waals surface area contributed by atoms with Crippen LogP contribution in [0.25, 0.3) is 0 Å². The molecule has 1 unspecified atom stereocenters. The van der Waals surface area contributed by atoms with Gasteiger partial charge >= 0.3 is 6.16 Å². The van der Waals surface area contributed by atoms with E-state index in [4.69, 9.17) is 4.55 Å². The lowest BCUT2D eigenvalue weighted by atomic mass is 10.8. The van der Waals surface area contributed by atoms with Crippen LogP contribution in [0.4, 0.5) is 4.79 Å². The fraction of sp³-hybridized carbons (Fsp3) is 0.800. The van der Waals surface area contributed by atoms with E-state index in [-0.39, 0.29) is 19.0 Å². The van der Waals surface area contributed by atoms with Crippen molar-refractivity contribution in [1.29, 1.82) is 0 Å². The van der Waals surface area contributed by atoms with Crippen molar-refractivity contribution in [3.63, 3.8) is 0 Å². The molecule has 0 aromatic carbocycles. The van der Waals surface area contributed by atoms with Gasteiger partial charge in [-0.3, -0.25) is 0 Å². The van der Waals surface area contributed by atoms with Gasteiger partial charge in [0.25, 0.3) is 0 Å². The van der Waals surface area contributed by atoms with Crippen molar-refractivity contribution >= 4 is 17.2 Å². The van der Waals surface area contributed by atoms with Crippen molar-refractivity contribution in [3.05, 3.63) is 0 Å². The number of carbonyl (C=O) groups is 1. The van der Waals surface area contributed by atoms with Gasteiger partial charge in [-0.1, -0.05) is 0 Å². The highest BCUT2D eigenvalue weighted by Gasteiger charge is 2.01. The Balaban J connectivity index is 3.24. The molecule has 0 aliphatic carbocycles. The molecule has 0 radical (unpaired) electrons. The predicted molar refractivity (Wildman–Crippen MR) is 38.6 cm³/mol. The fourth-order valence-corrected chi connectivity index (χ4v) is 0.582. The topological polar surface area (TPSA) is 72.8 Å². The molecule has 6 heteroatoms. The van der Waals surface area contributed by atoms with E-state index in [1.807, 2.05) is 0 Å². The quantitative estimate of drug-likeness (QED) is 0.502. The first-order valence-electron chi connectivity index (χ1n) is 3.03. The van der Waals surface area contributed by atoms with Crippen LogP contribution in [0.15, 0.2) is 0 Å². The summed E-state index contributed by atoms with van der Waals surface area (Å²) in [5.74, 6) is -0.0845. The monoisotopic (exact) mass is 182 g/mol. The molecule has 0 aliphatic heterocycles. The van der Waals surface area contributed by atoms with E-state index in [1.165, 1.54) is 0 Å². The SMILES string of the molecule is CCOC(=O)OCCS(=O)O. The van der Waals surface area contributed by atoms with Crippen LogP contribution >= 0.6 is 0 Å². The van der Waals surface area contributed by atoms with Crippen molar-refractivity contribution in [2.24, 2.45) is 0 Å². The van der Waals surface area contributed by atoms with Crippen LogP contribution in [0.2, 0.25) is 0 Å². The highest BCUT2D eigenvalue weighted by molar-refractivity contribution is 7.79. The Morgan fingerprint density at radius 2 is 2.18 bits per heavy atom. The fourth-order valence-electron chi connectivity index (χ4n) is 0.356. The normalized spacial score (nSPS) is 12.2. The minimum absolute atomic E-state index is 0.0845. The number of rotatable bonds is 4. The third kappa shape index (κ3) is 7.27. The molecule has 1 atom stereocenters. The molecule has 0 saturated carbocycles. The summed E-state index contributed by atoms with van der Waals surface area (Å²) in [5.41, 5.74) is 0. The first kappa shape index (κ1) is 10.4. The summed E-state index contributed by atoms with van der Waals surface area (Å²) < 4.78 is 27.0. The van der Waals surface area contributed by atoms with E-state index in [1.54, 1.807) is 6.92 Å². The van der Waals surface area contributed by atoms with E-state index in [2.05, 4.69) is 9.47 Å². The lowest BCUT2D eigenvalue weighted by molar-refractivity contribution is 0.0635. The predicted octanol–water partition coefficient (Wildman–Crippen LogP) is 0.381. The summed E-state index contributed by atoms with van der Waals surface area (Å²) >= 11 is -1.92. The zero-order valence-corrected chi connectivity index (χ0v) is 6.93. The summed E-state index contributed by atoms with van der Waals surface area (Å²) in [4.78, 5) is 10.4. The van der Waals surface area contributed by atoms with Crippen LogP contribution in [0.5, 0.6) is 0 Å². The van der Waals surface area contributed by atoms with Crippen LogP contribution < -0.4 is 0 Å². The van der Waals surface area contributed by atoms with Crippen molar-refractivity contribution < 1.29 is 23.0 Å². The maximum Gasteiger partial charge on any atom is 0.508 e. The molecule has 0 spiro atoms. The van der Waals surface area contributed by atoms with Gasteiger partial charge in [0, 0.05) is 0 Å². The lowest BCUT2D eigenvalue weighted by Crippen LogP contribution is -2.12. The van der Waals surface area contributed by atoms with Crippen molar-refractivity contribution in [2.45, 2.75) is 6.92 Å². The van der Waals surface area contributed by atoms with Gasteiger partial charge in [-0.25, -0.2) is 9.00 Å². The molecule has 0 rings (SSSR count). The average molecular weight is 182 g/mol. The molecular weight excluding hydrogens is 172 g/mol. The molecule has 1 N–H and O–H groups in total. The Morgan fingerprint density at radius 3 is 2.64 bits per heavy atom. The highest BCUT2D eigenvalue weighted by Crippen LogP contribution is 1.85. The van der Waals surface area contributed by atoms with Gasteiger partial charge in [-0.05, 0) is 6.92 Å². The van der Waals surface area contributed by atoms with Gasteiger partial charge in [0.1, 0.15) is 6.61 Å². The molecule has 0 aromatic rings. The Kier molecular flexibility index (Phi) is 5.77. The van der Waals surface area contributed by atoms with Crippen LogP contribution in [0.3, 0.4) is 0 Å². The number of hydrogen-bond donors (Lipinski definition) is 1. The molecule has 0 bridgehead atoms. The molecule has 0 heterocycles. The first-order chi connectivity index (χ1) is 5.16. The second-order valence-electron chi connectivity index (χ2n) is 1.56. The standard InChI is InChI=1S/C5H10O5S/c1-2-9-5(6)10-3-4-11(7)8/h2-4H2,1H3,(H,7,8). The molecule has 11 heavy (non-hydrogen) atoms. The highest BCUT2D eigenvalue weighted by atomic mass is 32.2. The van der Waals surface area contributed by atoms with Gasteiger partial charge in [0.15, 0.2) is 11.1 Å². The third-order valence-corrected chi connectivity index (χ3v) is 1.26. The van der Waals surface area contributed by atoms with E-state index in [0.717, 1.165) is 0 Å². The van der Waals surface area contributed by atoms with Crippen LogP contribution in [0, 0.1) is 0 Å². The summed E-state index contributed by atoms with van der Waals surface area (Å²) in [7, 11) is 0.